The van der Waals surface area contributed by atoms with Crippen molar-refractivity contribution in [3.63, 3.8) is 0 Å². The predicted molar refractivity (Wildman–Crippen MR) is 181 cm³/mol. The predicted octanol–water partition coefficient (Wildman–Crippen LogP) is 10.6. The molecular formula is C38H80ClN. The minimum atomic E-state index is 0. The summed E-state index contributed by atoms with van der Waals surface area (Å²) in [5.41, 5.74) is 0. The molecule has 0 rings (SSSR count). The molecule has 0 aliphatic carbocycles. The lowest BCUT2D eigenvalue weighted by atomic mass is 10.0. The summed E-state index contributed by atoms with van der Waals surface area (Å²) < 4.78 is 1.47. The highest BCUT2D eigenvalue weighted by atomic mass is 35.5. The fourth-order valence-electron chi connectivity index (χ4n) is 6.64. The van der Waals surface area contributed by atoms with E-state index in [1.54, 1.807) is 0 Å². The van der Waals surface area contributed by atoms with Gasteiger partial charge in [0.25, 0.3) is 0 Å². The van der Waals surface area contributed by atoms with Gasteiger partial charge in [0.1, 0.15) is 0 Å². The van der Waals surface area contributed by atoms with E-state index in [2.05, 4.69) is 27.7 Å². The standard InChI is InChI=1S/C38H80N.ClH/c1-5-9-13-15-17-19-21-23-25-27-29-33-37-39(35-31-11-7-3,36-32-12-8-4)38-34-30-28-26-24-22-20-18-16-14-10-6-2;/h5-38H2,1-4H3;1H/q+1;/p-1. The minimum Gasteiger partial charge on any atom is -1.00 e. The highest BCUT2D eigenvalue weighted by Crippen LogP contribution is 2.20. The Labute approximate surface area is 262 Å². The molecule has 0 saturated carbocycles. The van der Waals surface area contributed by atoms with Crippen molar-refractivity contribution in [1.29, 1.82) is 0 Å². The molecule has 0 spiro atoms. The second-order valence-corrected chi connectivity index (χ2v) is 13.4. The Bertz CT molecular complexity index is 397. The Morgan fingerprint density at radius 1 is 0.225 bits per heavy atom. The average molecular weight is 587 g/mol. The number of rotatable bonds is 34. The molecule has 0 unspecified atom stereocenters. The second kappa shape index (κ2) is 35.4. The lowest BCUT2D eigenvalue weighted by Gasteiger charge is -2.39. The maximum absolute atomic E-state index is 2.38. The van der Waals surface area contributed by atoms with E-state index in [0.29, 0.717) is 0 Å². The first-order valence-corrected chi connectivity index (χ1v) is 19.1. The molecule has 0 heterocycles. The summed E-state index contributed by atoms with van der Waals surface area (Å²) in [4.78, 5) is 0. The van der Waals surface area contributed by atoms with Gasteiger partial charge in [-0.1, -0.05) is 169 Å². The molecule has 0 aromatic heterocycles. The first-order chi connectivity index (χ1) is 19.2. The van der Waals surface area contributed by atoms with Crippen LogP contribution < -0.4 is 12.4 Å². The Hall–Kier alpha value is 0.250. The van der Waals surface area contributed by atoms with Crippen LogP contribution in [0.5, 0.6) is 0 Å². The van der Waals surface area contributed by atoms with Gasteiger partial charge in [-0.15, -0.1) is 0 Å². The quantitative estimate of drug-likeness (QED) is 0.0520. The van der Waals surface area contributed by atoms with Gasteiger partial charge in [-0.25, -0.2) is 0 Å². The van der Waals surface area contributed by atoms with Gasteiger partial charge in [-0.3, -0.25) is 0 Å². The number of hydrogen-bond donors (Lipinski definition) is 0. The van der Waals surface area contributed by atoms with Crippen molar-refractivity contribution in [2.24, 2.45) is 0 Å². The number of unbranched alkanes of at least 4 members (excludes halogenated alkanes) is 26. The molecular weight excluding hydrogens is 506 g/mol. The maximum atomic E-state index is 2.38. The number of halogens is 1. The van der Waals surface area contributed by atoms with Crippen LogP contribution in [0.25, 0.3) is 0 Å². The molecule has 0 N–H and O–H groups in total. The van der Waals surface area contributed by atoms with Gasteiger partial charge in [0.2, 0.25) is 0 Å². The zero-order chi connectivity index (χ0) is 28.5. The average Bonchev–Trinajstić information content (AvgIpc) is 2.94. The van der Waals surface area contributed by atoms with Crippen LogP contribution in [0, 0.1) is 0 Å². The van der Waals surface area contributed by atoms with Gasteiger partial charge < -0.3 is 16.9 Å². The Balaban J connectivity index is 0. The lowest BCUT2D eigenvalue weighted by Crippen LogP contribution is -3.00. The molecule has 0 aromatic carbocycles. The summed E-state index contributed by atoms with van der Waals surface area (Å²) in [6.45, 7) is 15.3. The molecule has 0 bridgehead atoms. The van der Waals surface area contributed by atoms with Crippen molar-refractivity contribution >= 4 is 0 Å². The van der Waals surface area contributed by atoms with Crippen LogP contribution in [-0.4, -0.2) is 30.7 Å². The highest BCUT2D eigenvalue weighted by molar-refractivity contribution is 4.55. The maximum Gasteiger partial charge on any atom is 0.0786 e. The molecule has 1 nitrogen and oxygen atoms in total. The molecule has 0 aromatic rings. The van der Waals surface area contributed by atoms with Gasteiger partial charge >= 0.3 is 0 Å². The molecule has 0 radical (unpaired) electrons. The largest absolute Gasteiger partial charge is 1.00 e. The van der Waals surface area contributed by atoms with E-state index in [4.69, 9.17) is 0 Å². The van der Waals surface area contributed by atoms with Crippen molar-refractivity contribution < 1.29 is 16.9 Å². The Morgan fingerprint density at radius 3 is 0.600 bits per heavy atom. The van der Waals surface area contributed by atoms with Gasteiger partial charge in [-0.05, 0) is 51.4 Å². The third-order valence-electron chi connectivity index (χ3n) is 9.44. The van der Waals surface area contributed by atoms with Crippen molar-refractivity contribution in [2.45, 2.75) is 220 Å². The smallest absolute Gasteiger partial charge is 0.0786 e. The van der Waals surface area contributed by atoms with E-state index in [9.17, 15) is 0 Å². The molecule has 0 fully saturated rings. The van der Waals surface area contributed by atoms with E-state index < -0.39 is 0 Å². The fourth-order valence-corrected chi connectivity index (χ4v) is 6.64. The van der Waals surface area contributed by atoms with E-state index in [1.165, 1.54) is 223 Å². The summed E-state index contributed by atoms with van der Waals surface area (Å²) >= 11 is 0. The third-order valence-corrected chi connectivity index (χ3v) is 9.44. The van der Waals surface area contributed by atoms with Crippen LogP contribution in [0.1, 0.15) is 220 Å². The zero-order valence-corrected chi connectivity index (χ0v) is 29.6. The summed E-state index contributed by atoms with van der Waals surface area (Å²) in [5.74, 6) is 0. The number of hydrogen-bond acceptors (Lipinski definition) is 0. The third kappa shape index (κ3) is 29.7. The summed E-state index contributed by atoms with van der Waals surface area (Å²) in [5, 5.41) is 0. The van der Waals surface area contributed by atoms with E-state index >= 15 is 0 Å². The van der Waals surface area contributed by atoms with E-state index in [-0.39, 0.29) is 12.4 Å². The van der Waals surface area contributed by atoms with Gasteiger partial charge in [0.05, 0.1) is 26.2 Å². The van der Waals surface area contributed by atoms with Crippen molar-refractivity contribution in [1.82, 2.24) is 0 Å². The monoisotopic (exact) mass is 586 g/mol. The number of nitrogens with zero attached hydrogens (tertiary/aromatic N) is 1. The number of quaternary nitrogens is 1. The molecule has 0 aliphatic heterocycles. The topological polar surface area (TPSA) is 0 Å². The minimum absolute atomic E-state index is 0. The van der Waals surface area contributed by atoms with Crippen LogP contribution in [0.4, 0.5) is 0 Å². The fraction of sp³-hybridized carbons (Fsp3) is 1.00. The van der Waals surface area contributed by atoms with Crippen LogP contribution in [0.2, 0.25) is 0 Å². The second-order valence-electron chi connectivity index (χ2n) is 13.4. The normalized spacial score (nSPS) is 11.7. The Kier molecular flexibility index (Phi) is 37.6. The zero-order valence-electron chi connectivity index (χ0n) is 28.9. The van der Waals surface area contributed by atoms with Gasteiger partial charge in [0, 0.05) is 0 Å². The summed E-state index contributed by atoms with van der Waals surface area (Å²) in [6.07, 6.45) is 43.8. The highest BCUT2D eigenvalue weighted by Gasteiger charge is 2.25. The molecule has 0 amide bonds. The van der Waals surface area contributed by atoms with Crippen molar-refractivity contribution in [3.05, 3.63) is 0 Å². The van der Waals surface area contributed by atoms with Crippen molar-refractivity contribution in [2.75, 3.05) is 26.2 Å². The molecule has 2 heteroatoms. The van der Waals surface area contributed by atoms with Crippen LogP contribution in [-0.2, 0) is 0 Å². The van der Waals surface area contributed by atoms with Crippen LogP contribution in [0.15, 0.2) is 0 Å². The Morgan fingerprint density at radius 2 is 0.375 bits per heavy atom. The SMILES string of the molecule is CCCCCCCCCCCCCC[N+](CCCCC)(CCCCC)CCCCCCCCCCCCCC.[Cl-]. The molecule has 244 valence electrons. The van der Waals surface area contributed by atoms with Gasteiger partial charge in [-0.2, -0.15) is 0 Å². The van der Waals surface area contributed by atoms with E-state index in [1.807, 2.05) is 0 Å². The molecule has 40 heavy (non-hydrogen) atoms. The molecule has 0 aliphatic rings. The van der Waals surface area contributed by atoms with Crippen LogP contribution in [0.3, 0.4) is 0 Å². The van der Waals surface area contributed by atoms with Gasteiger partial charge in [0.15, 0.2) is 0 Å². The first kappa shape index (κ1) is 42.4. The summed E-state index contributed by atoms with van der Waals surface area (Å²) in [6, 6.07) is 0. The van der Waals surface area contributed by atoms with Crippen LogP contribution >= 0.6 is 0 Å². The first-order valence-electron chi connectivity index (χ1n) is 19.1. The summed E-state index contributed by atoms with van der Waals surface area (Å²) in [7, 11) is 0. The molecule has 0 saturated heterocycles. The lowest BCUT2D eigenvalue weighted by molar-refractivity contribution is -0.929. The van der Waals surface area contributed by atoms with E-state index in [0.717, 1.165) is 0 Å². The molecule has 0 atom stereocenters. The van der Waals surface area contributed by atoms with Crippen molar-refractivity contribution in [3.8, 4) is 0 Å².